The average molecular weight is 407 g/mol. The second kappa shape index (κ2) is 22.4. The SMILES string of the molecule is Br.Br.Br.CCCC[O][Zr]. The van der Waals surface area contributed by atoms with E-state index in [4.69, 9.17) is 2.81 Å². The van der Waals surface area contributed by atoms with Gasteiger partial charge >= 0.3 is 54.3 Å². The van der Waals surface area contributed by atoms with E-state index in [-0.39, 0.29) is 50.9 Å². The van der Waals surface area contributed by atoms with Crippen molar-refractivity contribution in [2.45, 2.75) is 19.8 Å². The minimum atomic E-state index is 0. The van der Waals surface area contributed by atoms with E-state index in [0.29, 0.717) is 0 Å². The molecule has 0 aliphatic carbocycles. The fraction of sp³-hybridized carbons (Fsp3) is 1.00. The summed E-state index contributed by atoms with van der Waals surface area (Å²) < 4.78 is 4.87. The Morgan fingerprint density at radius 2 is 1.67 bits per heavy atom. The number of halogens is 3. The van der Waals surface area contributed by atoms with Gasteiger partial charge in [-0.05, 0) is 0 Å². The van der Waals surface area contributed by atoms with Gasteiger partial charge in [-0.2, -0.15) is 0 Å². The van der Waals surface area contributed by atoms with Gasteiger partial charge in [0.25, 0.3) is 0 Å². The second-order valence-corrected chi connectivity index (χ2v) is 1.91. The normalized spacial score (nSPS) is 5.78. The van der Waals surface area contributed by atoms with Crippen molar-refractivity contribution < 1.29 is 28.0 Å². The molecule has 0 unspecified atom stereocenters. The van der Waals surface area contributed by atoms with E-state index >= 15 is 0 Å². The number of hydrogen-bond donors (Lipinski definition) is 0. The van der Waals surface area contributed by atoms with Crippen molar-refractivity contribution in [3.63, 3.8) is 0 Å². The first-order chi connectivity index (χ1) is 2.91. The quantitative estimate of drug-likeness (QED) is 0.654. The fourth-order valence-electron chi connectivity index (χ4n) is 0.217. The summed E-state index contributed by atoms with van der Waals surface area (Å²) in [6, 6.07) is 0. The molecule has 0 aromatic carbocycles. The van der Waals surface area contributed by atoms with Crippen molar-refractivity contribution >= 4 is 50.9 Å². The van der Waals surface area contributed by atoms with Crippen LogP contribution in [0, 0.1) is 0 Å². The Kier molecular flexibility index (Phi) is 56.1. The molecule has 0 aromatic rings. The predicted molar refractivity (Wildman–Crippen MR) is 51.8 cm³/mol. The maximum absolute atomic E-state index is 4.87. The second-order valence-electron chi connectivity index (χ2n) is 1.20. The van der Waals surface area contributed by atoms with Crippen molar-refractivity contribution in [1.29, 1.82) is 0 Å². The molecule has 0 saturated heterocycles. The third-order valence-electron chi connectivity index (χ3n) is 0.600. The van der Waals surface area contributed by atoms with E-state index in [1.807, 2.05) is 0 Å². The molecule has 0 radical (unpaired) electrons. The van der Waals surface area contributed by atoms with Crippen LogP contribution in [-0.2, 0) is 28.0 Å². The molecule has 0 saturated carbocycles. The van der Waals surface area contributed by atoms with E-state index in [9.17, 15) is 0 Å². The van der Waals surface area contributed by atoms with Crippen LogP contribution in [-0.4, -0.2) is 6.61 Å². The Bertz CT molecular complexity index is 27.8. The third kappa shape index (κ3) is 25.3. The molecule has 0 aliphatic heterocycles. The zero-order valence-electron chi connectivity index (χ0n) is 5.25. The van der Waals surface area contributed by atoms with Crippen LogP contribution >= 0.6 is 50.9 Å². The van der Waals surface area contributed by atoms with E-state index in [1.165, 1.54) is 38.0 Å². The Morgan fingerprint density at radius 1 is 1.22 bits per heavy atom. The van der Waals surface area contributed by atoms with Crippen LogP contribution in [0.5, 0.6) is 0 Å². The number of hydrogen-bond acceptors (Lipinski definition) is 1. The molecule has 0 aromatic heterocycles. The molecule has 0 N–H and O–H groups in total. The molecule has 59 valence electrons. The molecule has 0 bridgehead atoms. The van der Waals surface area contributed by atoms with Gasteiger partial charge in [0.1, 0.15) is 0 Å². The summed E-state index contributed by atoms with van der Waals surface area (Å²) in [7, 11) is 0. The average Bonchev–Trinajstić information content (AvgIpc) is 1.61. The molecule has 0 spiro atoms. The zero-order chi connectivity index (χ0) is 4.83. The molecule has 0 heterocycles. The van der Waals surface area contributed by atoms with Gasteiger partial charge in [-0.1, -0.05) is 0 Å². The van der Waals surface area contributed by atoms with Crippen LogP contribution in [0.4, 0.5) is 0 Å². The molecule has 0 atom stereocenters. The van der Waals surface area contributed by atoms with Crippen molar-refractivity contribution in [2.24, 2.45) is 0 Å². The fourth-order valence-corrected chi connectivity index (χ4v) is 0.571. The summed E-state index contributed by atoms with van der Waals surface area (Å²) in [5, 5.41) is 0. The van der Waals surface area contributed by atoms with Crippen molar-refractivity contribution in [2.75, 3.05) is 6.61 Å². The Morgan fingerprint density at radius 3 is 1.78 bits per heavy atom. The minimum absolute atomic E-state index is 0. The van der Waals surface area contributed by atoms with E-state index in [0.717, 1.165) is 6.61 Å². The third-order valence-corrected chi connectivity index (χ3v) is 1.10. The zero-order valence-corrected chi connectivity index (χ0v) is 12.9. The summed E-state index contributed by atoms with van der Waals surface area (Å²) >= 11 is 1.19. The first kappa shape index (κ1) is 22.5. The summed E-state index contributed by atoms with van der Waals surface area (Å²) in [4.78, 5) is 0. The summed E-state index contributed by atoms with van der Waals surface area (Å²) in [5.74, 6) is 0. The van der Waals surface area contributed by atoms with Gasteiger partial charge in [0, 0.05) is 0 Å². The first-order valence-electron chi connectivity index (χ1n) is 2.20. The van der Waals surface area contributed by atoms with Crippen LogP contribution < -0.4 is 0 Å². The van der Waals surface area contributed by atoms with Crippen molar-refractivity contribution in [3.8, 4) is 0 Å². The summed E-state index contributed by atoms with van der Waals surface area (Å²) in [5.41, 5.74) is 0. The van der Waals surface area contributed by atoms with Crippen LogP contribution in [0.3, 0.4) is 0 Å². The standard InChI is InChI=1S/C4H9O.3BrH.Zr/c1-2-3-4-5;;;;/h2-4H2,1H3;3*1H;/q-1;;;;+1. The van der Waals surface area contributed by atoms with Gasteiger partial charge in [0.2, 0.25) is 0 Å². The van der Waals surface area contributed by atoms with Gasteiger partial charge in [0.15, 0.2) is 0 Å². The van der Waals surface area contributed by atoms with E-state index < -0.39 is 0 Å². The maximum atomic E-state index is 4.87. The predicted octanol–water partition coefficient (Wildman–Crippen LogP) is 3.00. The van der Waals surface area contributed by atoms with Gasteiger partial charge in [-0.15, -0.1) is 50.9 Å². The monoisotopic (exact) mass is 403 g/mol. The molecule has 1 nitrogen and oxygen atoms in total. The van der Waals surface area contributed by atoms with Crippen LogP contribution in [0.1, 0.15) is 19.8 Å². The molecule has 0 rings (SSSR count). The molecule has 9 heavy (non-hydrogen) atoms. The Hall–Kier alpha value is 2.28. The topological polar surface area (TPSA) is 9.23 Å². The molecule has 0 aliphatic rings. The van der Waals surface area contributed by atoms with E-state index in [1.54, 1.807) is 0 Å². The molecule has 0 fully saturated rings. The van der Waals surface area contributed by atoms with E-state index in [2.05, 4.69) is 6.92 Å². The van der Waals surface area contributed by atoms with Crippen LogP contribution in [0.2, 0.25) is 0 Å². The summed E-state index contributed by atoms with van der Waals surface area (Å²) in [6.07, 6.45) is 2.46. The molecule has 0 amide bonds. The number of rotatable bonds is 3. The first-order valence-corrected chi connectivity index (χ1v) is 3.20. The van der Waals surface area contributed by atoms with Gasteiger partial charge in [0.05, 0.1) is 0 Å². The molecular formula is C4H12Br3OZr. The number of unbranched alkanes of at least 4 members (excludes halogenated alkanes) is 1. The van der Waals surface area contributed by atoms with Crippen LogP contribution in [0.15, 0.2) is 0 Å². The van der Waals surface area contributed by atoms with Gasteiger partial charge in [-0.3, -0.25) is 0 Å². The van der Waals surface area contributed by atoms with Crippen molar-refractivity contribution in [3.05, 3.63) is 0 Å². The van der Waals surface area contributed by atoms with Crippen molar-refractivity contribution in [1.82, 2.24) is 0 Å². The molecule has 5 heteroatoms. The Balaban J connectivity index is -0.0000000417. The Labute approximate surface area is 104 Å². The molecular weight excluding hydrogens is 395 g/mol. The van der Waals surface area contributed by atoms with Crippen LogP contribution in [0.25, 0.3) is 0 Å². The van der Waals surface area contributed by atoms with Gasteiger partial charge in [-0.25, -0.2) is 0 Å². The summed E-state index contributed by atoms with van der Waals surface area (Å²) in [6.45, 7) is 3.12. The van der Waals surface area contributed by atoms with Gasteiger partial charge < -0.3 is 0 Å².